The first-order valence-corrected chi connectivity index (χ1v) is 15.7. The highest BCUT2D eigenvalue weighted by Crippen LogP contribution is 2.35. The summed E-state index contributed by atoms with van der Waals surface area (Å²) in [6.07, 6.45) is 0.862. The van der Waals surface area contributed by atoms with E-state index >= 15 is 0 Å². The van der Waals surface area contributed by atoms with Gasteiger partial charge >= 0.3 is 0 Å². The number of carbonyl (C=O) groups excluding carboxylic acids is 1. The molecule has 0 N–H and O–H groups in total. The van der Waals surface area contributed by atoms with Gasteiger partial charge < -0.3 is 4.74 Å². The number of anilines is 1. The molecule has 2 aromatic heterocycles. The van der Waals surface area contributed by atoms with Crippen molar-refractivity contribution in [3.05, 3.63) is 64.4 Å². The molecule has 2 aromatic carbocycles. The number of methoxy groups -OCH3 is 1. The summed E-state index contributed by atoms with van der Waals surface area (Å²) in [6.45, 7) is 7.32. The fourth-order valence-electron chi connectivity index (χ4n) is 5.06. The zero-order valence-electron chi connectivity index (χ0n) is 22.9. The van der Waals surface area contributed by atoms with Gasteiger partial charge in [-0.25, -0.2) is 13.4 Å². The van der Waals surface area contributed by atoms with Crippen LogP contribution in [0.2, 0.25) is 5.02 Å². The number of hydrogen-bond acceptors (Lipinski definition) is 7. The topological polar surface area (TPSA) is 97.6 Å². The van der Waals surface area contributed by atoms with E-state index in [4.69, 9.17) is 21.3 Å². The third-order valence-electron chi connectivity index (χ3n) is 7.37. The van der Waals surface area contributed by atoms with Gasteiger partial charge in [-0.2, -0.15) is 9.40 Å². The second kappa shape index (κ2) is 11.5. The van der Waals surface area contributed by atoms with Gasteiger partial charge in [-0.15, -0.1) is 0 Å². The molecular weight excluding hydrogens is 570 g/mol. The predicted molar refractivity (Wildman–Crippen MR) is 158 cm³/mol. The summed E-state index contributed by atoms with van der Waals surface area (Å²) < 4.78 is 35.9. The number of benzene rings is 2. The SMILES string of the molecule is COc1ccc(S(=O)(=O)N2CCC(C(=O)N(CCn3nc(C)cc3C)c3nc4c(C)c(Cl)ccc4s3)CC2)cc1. The Morgan fingerprint density at radius 1 is 1.12 bits per heavy atom. The highest BCUT2D eigenvalue weighted by molar-refractivity contribution is 7.89. The summed E-state index contributed by atoms with van der Waals surface area (Å²) in [4.78, 5) is 20.8. The largest absolute Gasteiger partial charge is 0.497 e. The molecule has 212 valence electrons. The van der Waals surface area contributed by atoms with Crippen LogP contribution in [0.25, 0.3) is 10.2 Å². The lowest BCUT2D eigenvalue weighted by Crippen LogP contribution is -2.45. The molecule has 0 aliphatic carbocycles. The molecule has 5 rings (SSSR count). The molecule has 0 bridgehead atoms. The number of aryl methyl sites for hydroxylation is 3. The minimum atomic E-state index is -3.66. The number of aromatic nitrogens is 3. The van der Waals surface area contributed by atoms with Crippen molar-refractivity contribution in [1.82, 2.24) is 19.1 Å². The number of sulfonamides is 1. The van der Waals surface area contributed by atoms with Crippen LogP contribution in [0.3, 0.4) is 0 Å². The number of nitrogens with zero attached hydrogens (tertiary/aromatic N) is 5. The van der Waals surface area contributed by atoms with E-state index in [2.05, 4.69) is 5.10 Å². The van der Waals surface area contributed by atoms with Crippen molar-refractivity contribution in [2.45, 2.75) is 45.1 Å². The van der Waals surface area contributed by atoms with E-state index < -0.39 is 10.0 Å². The number of thiazole rings is 1. The summed E-state index contributed by atoms with van der Waals surface area (Å²) in [5.41, 5.74) is 3.61. The maximum atomic E-state index is 14.0. The number of halogens is 1. The zero-order chi connectivity index (χ0) is 28.6. The first kappa shape index (κ1) is 28.5. The molecule has 0 radical (unpaired) electrons. The molecule has 1 aliphatic heterocycles. The molecule has 1 fully saturated rings. The molecule has 0 atom stereocenters. The Labute approximate surface area is 243 Å². The molecule has 1 saturated heterocycles. The average Bonchev–Trinajstić information content (AvgIpc) is 3.53. The molecule has 40 heavy (non-hydrogen) atoms. The average molecular weight is 602 g/mol. The van der Waals surface area contributed by atoms with Gasteiger partial charge in [0, 0.05) is 36.3 Å². The predicted octanol–water partition coefficient (Wildman–Crippen LogP) is 5.21. The Morgan fingerprint density at radius 2 is 1.82 bits per heavy atom. The van der Waals surface area contributed by atoms with Gasteiger partial charge in [0.15, 0.2) is 5.13 Å². The fraction of sp³-hybridized carbons (Fsp3) is 0.393. The second-order valence-electron chi connectivity index (χ2n) is 10.0. The van der Waals surface area contributed by atoms with E-state index in [1.54, 1.807) is 29.2 Å². The number of piperidine rings is 1. The van der Waals surface area contributed by atoms with Crippen LogP contribution >= 0.6 is 22.9 Å². The lowest BCUT2D eigenvalue weighted by atomic mass is 9.96. The highest BCUT2D eigenvalue weighted by atomic mass is 35.5. The van der Waals surface area contributed by atoms with Crippen LogP contribution in [0, 0.1) is 26.7 Å². The van der Waals surface area contributed by atoms with Gasteiger partial charge in [-0.1, -0.05) is 22.9 Å². The standard InChI is InChI=1S/C28H32ClN5O4S2/c1-18-17-19(2)34(31-18)16-15-33(28-30-26-20(3)24(29)9-10-25(26)39-28)27(35)21-11-13-32(14-12-21)40(36,37)23-7-5-22(38-4)6-8-23/h5-10,17,21H,11-16H2,1-4H3. The van der Waals surface area contributed by atoms with E-state index in [0.29, 0.717) is 41.8 Å². The van der Waals surface area contributed by atoms with Crippen molar-refractivity contribution in [2.75, 3.05) is 31.6 Å². The number of amides is 1. The molecule has 9 nitrogen and oxygen atoms in total. The first-order valence-electron chi connectivity index (χ1n) is 13.1. The van der Waals surface area contributed by atoms with Crippen molar-refractivity contribution in [1.29, 1.82) is 0 Å². The number of hydrogen-bond donors (Lipinski definition) is 0. The molecule has 0 spiro atoms. The van der Waals surface area contributed by atoms with Gasteiger partial charge in [0.2, 0.25) is 15.9 Å². The van der Waals surface area contributed by atoms with E-state index in [1.807, 2.05) is 43.7 Å². The minimum Gasteiger partial charge on any atom is -0.497 e. The normalized spacial score (nSPS) is 15.0. The summed E-state index contributed by atoms with van der Waals surface area (Å²) in [6, 6.07) is 12.2. The maximum Gasteiger partial charge on any atom is 0.243 e. The third kappa shape index (κ3) is 5.60. The van der Waals surface area contributed by atoms with Gasteiger partial charge in [-0.3, -0.25) is 14.4 Å². The maximum absolute atomic E-state index is 14.0. The van der Waals surface area contributed by atoms with E-state index in [-0.39, 0.29) is 29.8 Å². The smallest absolute Gasteiger partial charge is 0.243 e. The Morgan fingerprint density at radius 3 is 2.45 bits per heavy atom. The Hall–Kier alpha value is -2.99. The number of ether oxygens (including phenoxy) is 1. The molecule has 3 heterocycles. The molecule has 0 saturated carbocycles. The third-order valence-corrected chi connectivity index (χ3v) is 10.7. The highest BCUT2D eigenvalue weighted by Gasteiger charge is 2.35. The van der Waals surface area contributed by atoms with Crippen LogP contribution < -0.4 is 9.64 Å². The van der Waals surface area contributed by atoms with Crippen molar-refractivity contribution in [2.24, 2.45) is 5.92 Å². The van der Waals surface area contributed by atoms with Crippen molar-refractivity contribution >= 4 is 54.2 Å². The van der Waals surface area contributed by atoms with Gasteiger partial charge in [-0.05, 0) is 81.6 Å². The minimum absolute atomic E-state index is 0.0502. The van der Waals surface area contributed by atoms with E-state index in [1.165, 1.54) is 22.8 Å². The van der Waals surface area contributed by atoms with E-state index in [9.17, 15) is 13.2 Å². The van der Waals surface area contributed by atoms with Crippen molar-refractivity contribution < 1.29 is 17.9 Å². The van der Waals surface area contributed by atoms with Gasteiger partial charge in [0.25, 0.3) is 0 Å². The summed E-state index contributed by atoms with van der Waals surface area (Å²) in [5.74, 6) is 0.224. The van der Waals surface area contributed by atoms with Crippen molar-refractivity contribution in [3.63, 3.8) is 0 Å². The monoisotopic (exact) mass is 601 g/mol. The number of carbonyl (C=O) groups is 1. The second-order valence-corrected chi connectivity index (χ2v) is 13.4. The van der Waals surface area contributed by atoms with Crippen LogP contribution in [-0.2, 0) is 21.4 Å². The summed E-state index contributed by atoms with van der Waals surface area (Å²) in [7, 11) is -2.13. The van der Waals surface area contributed by atoms with Crippen molar-refractivity contribution in [3.8, 4) is 5.75 Å². The Kier molecular flexibility index (Phi) is 8.19. The van der Waals surface area contributed by atoms with Crippen LogP contribution in [-0.4, -0.2) is 60.1 Å². The molecule has 12 heteroatoms. The zero-order valence-corrected chi connectivity index (χ0v) is 25.3. The molecule has 1 aliphatic rings. The van der Waals surface area contributed by atoms with E-state index in [0.717, 1.165) is 27.2 Å². The Balaban J connectivity index is 1.36. The summed E-state index contributed by atoms with van der Waals surface area (Å²) >= 11 is 7.80. The lowest BCUT2D eigenvalue weighted by molar-refractivity contribution is -0.123. The Bertz CT molecular complexity index is 1640. The van der Waals surface area contributed by atoms with Crippen LogP contribution in [0.5, 0.6) is 5.75 Å². The molecular formula is C28H32ClN5O4S2. The lowest BCUT2D eigenvalue weighted by Gasteiger charge is -2.33. The summed E-state index contributed by atoms with van der Waals surface area (Å²) in [5, 5.41) is 5.80. The number of rotatable bonds is 8. The van der Waals surface area contributed by atoms with Crippen LogP contribution in [0.4, 0.5) is 5.13 Å². The van der Waals surface area contributed by atoms with Gasteiger partial charge in [0.1, 0.15) is 5.75 Å². The van der Waals surface area contributed by atoms with Crippen LogP contribution in [0.1, 0.15) is 29.8 Å². The van der Waals surface area contributed by atoms with Crippen LogP contribution in [0.15, 0.2) is 47.4 Å². The first-order chi connectivity index (χ1) is 19.1. The van der Waals surface area contributed by atoms with Gasteiger partial charge in [0.05, 0.1) is 34.5 Å². The molecule has 0 unspecified atom stereocenters. The molecule has 4 aromatic rings. The fourth-order valence-corrected chi connectivity index (χ4v) is 7.74. The number of fused-ring (bicyclic) bond motifs is 1. The quantitative estimate of drug-likeness (QED) is 0.275. The molecule has 1 amide bonds.